The van der Waals surface area contributed by atoms with Crippen molar-refractivity contribution in [1.82, 2.24) is 14.8 Å². The lowest BCUT2D eigenvalue weighted by molar-refractivity contribution is 0.0790. The normalized spacial score (nSPS) is 12.3. The van der Waals surface area contributed by atoms with Crippen LogP contribution < -0.4 is 5.73 Å². The fraction of sp³-hybridized carbons (Fsp3) is 0.286. The Kier molecular flexibility index (Phi) is 9.49. The lowest BCUT2D eigenvalue weighted by atomic mass is 9.98. The molecule has 1 amide bonds. The average molecular weight is 529 g/mol. The smallest absolute Gasteiger partial charge is 0.253 e. The molecule has 5 nitrogen and oxygen atoms in total. The van der Waals surface area contributed by atoms with Crippen LogP contribution in [0.25, 0.3) is 17.2 Å². The average Bonchev–Trinajstić information content (AvgIpc) is 2.85. The second-order valence-corrected chi connectivity index (χ2v) is 9.85. The largest absolute Gasteiger partial charge is 0.383 e. The maximum absolute atomic E-state index is 13.9. The van der Waals surface area contributed by atoms with Gasteiger partial charge in [-0.15, -0.1) is 0 Å². The quantitative estimate of drug-likeness (QED) is 0.317. The van der Waals surface area contributed by atoms with Crippen molar-refractivity contribution in [2.75, 3.05) is 40.0 Å². The minimum absolute atomic E-state index is 0.0111. The zero-order valence-corrected chi connectivity index (χ0v) is 22.4. The number of amides is 1. The summed E-state index contributed by atoms with van der Waals surface area (Å²) in [4.78, 5) is 20.9. The first-order chi connectivity index (χ1) is 17.1. The van der Waals surface area contributed by atoms with Gasteiger partial charge in [0.2, 0.25) is 0 Å². The first-order valence-electron chi connectivity index (χ1n) is 11.7. The zero-order valence-electron chi connectivity index (χ0n) is 20.9. The summed E-state index contributed by atoms with van der Waals surface area (Å²) in [5.74, 6) is -0.405. The molecule has 0 spiro atoms. The highest BCUT2D eigenvalue weighted by molar-refractivity contribution is 6.36. The Balaban J connectivity index is 1.76. The van der Waals surface area contributed by atoms with E-state index in [2.05, 4.69) is 9.88 Å². The predicted molar refractivity (Wildman–Crippen MR) is 148 cm³/mol. The molecule has 8 heteroatoms. The van der Waals surface area contributed by atoms with Crippen LogP contribution in [0.5, 0.6) is 0 Å². The fourth-order valence-corrected chi connectivity index (χ4v) is 4.55. The minimum atomic E-state index is -0.513. The number of halogens is 3. The van der Waals surface area contributed by atoms with Gasteiger partial charge in [-0.2, -0.15) is 0 Å². The molecule has 0 aliphatic carbocycles. The van der Waals surface area contributed by atoms with Gasteiger partial charge in [-0.1, -0.05) is 54.4 Å². The first kappa shape index (κ1) is 27.7. The lowest BCUT2D eigenvalue weighted by Gasteiger charge is -2.18. The van der Waals surface area contributed by atoms with Gasteiger partial charge >= 0.3 is 0 Å². The molecule has 2 aromatic carbocycles. The van der Waals surface area contributed by atoms with E-state index < -0.39 is 5.82 Å². The van der Waals surface area contributed by atoms with Crippen molar-refractivity contribution in [3.8, 4) is 11.1 Å². The van der Waals surface area contributed by atoms with Crippen LogP contribution in [0.15, 0.2) is 54.7 Å². The Morgan fingerprint density at radius 1 is 1.08 bits per heavy atom. The number of anilines is 1. The number of hydrogen-bond acceptors (Lipinski definition) is 4. The second kappa shape index (κ2) is 12.3. The number of nitrogen functional groups attached to an aromatic ring is 1. The van der Waals surface area contributed by atoms with E-state index in [9.17, 15) is 9.18 Å². The molecule has 1 heterocycles. The van der Waals surface area contributed by atoms with Crippen molar-refractivity contribution < 1.29 is 9.18 Å². The topological polar surface area (TPSA) is 62.5 Å². The number of allylic oxidation sites excluding steroid dienone is 1. The van der Waals surface area contributed by atoms with Gasteiger partial charge < -0.3 is 15.5 Å². The van der Waals surface area contributed by atoms with E-state index in [0.29, 0.717) is 34.1 Å². The maximum Gasteiger partial charge on any atom is 0.253 e. The maximum atomic E-state index is 13.9. The third kappa shape index (κ3) is 6.84. The van der Waals surface area contributed by atoms with E-state index in [0.717, 1.165) is 24.1 Å². The fourth-order valence-electron chi connectivity index (χ4n) is 3.84. The summed E-state index contributed by atoms with van der Waals surface area (Å²) < 4.78 is 13.9. The summed E-state index contributed by atoms with van der Waals surface area (Å²) in [6.45, 7) is 3.50. The molecule has 3 aromatic rings. The van der Waals surface area contributed by atoms with Gasteiger partial charge in [0.05, 0.1) is 5.02 Å². The van der Waals surface area contributed by atoms with Crippen LogP contribution >= 0.6 is 23.2 Å². The van der Waals surface area contributed by atoms with E-state index in [1.54, 1.807) is 11.1 Å². The van der Waals surface area contributed by atoms with E-state index in [1.807, 2.05) is 70.6 Å². The molecule has 0 saturated carbocycles. The second-order valence-electron chi connectivity index (χ2n) is 9.06. The molecule has 0 aliphatic heterocycles. The Hall–Kier alpha value is -2.93. The molecule has 2 N–H and O–H groups in total. The Labute approximate surface area is 222 Å². The first-order valence-corrected chi connectivity index (χ1v) is 12.4. The van der Waals surface area contributed by atoms with Gasteiger partial charge in [-0.25, -0.2) is 9.37 Å². The van der Waals surface area contributed by atoms with Crippen molar-refractivity contribution in [3.63, 3.8) is 0 Å². The van der Waals surface area contributed by atoms with Crippen LogP contribution in [0, 0.1) is 5.82 Å². The number of carbonyl (C=O) groups is 1. The third-order valence-corrected chi connectivity index (χ3v) is 6.67. The minimum Gasteiger partial charge on any atom is -0.383 e. The number of carbonyl (C=O) groups excluding carboxylic acids is 1. The standard InChI is InChI=1S/C28H31Cl2FN4O/c1-18(25-23(29)12-13-24(31)26(25)30)6-7-21-16-22(17-33-27(21)32)19-8-10-20(11-9-19)28(36)35(4)15-5-14-34(2)3/h6-13,16-18H,5,14-15H2,1-4H3,(H2,32,33)/b7-6-/t18-/m0/s1. The molecule has 36 heavy (non-hydrogen) atoms. The van der Waals surface area contributed by atoms with E-state index >= 15 is 0 Å². The number of rotatable bonds is 9. The molecule has 0 saturated heterocycles. The van der Waals surface area contributed by atoms with Crippen molar-refractivity contribution in [2.24, 2.45) is 0 Å². The van der Waals surface area contributed by atoms with E-state index in [-0.39, 0.29) is 16.8 Å². The summed E-state index contributed by atoms with van der Waals surface area (Å²) in [5, 5.41) is 0.411. The summed E-state index contributed by atoms with van der Waals surface area (Å²) >= 11 is 12.4. The highest BCUT2D eigenvalue weighted by atomic mass is 35.5. The van der Waals surface area contributed by atoms with Gasteiger partial charge in [0.25, 0.3) is 5.91 Å². The summed E-state index contributed by atoms with van der Waals surface area (Å²) in [7, 11) is 5.85. The molecule has 0 aliphatic rings. The molecular weight excluding hydrogens is 498 g/mol. The van der Waals surface area contributed by atoms with Crippen molar-refractivity contribution >= 4 is 41.0 Å². The van der Waals surface area contributed by atoms with Crippen molar-refractivity contribution in [1.29, 1.82) is 0 Å². The zero-order chi connectivity index (χ0) is 26.4. The molecule has 1 atom stereocenters. The number of pyridine rings is 1. The SMILES string of the molecule is C[C@@H](/C=C\c1cc(-c2ccc(C(=O)N(C)CCCN(C)C)cc2)cnc1N)c1c(Cl)ccc(F)c1Cl. The predicted octanol–water partition coefficient (Wildman–Crippen LogP) is 6.62. The van der Waals surface area contributed by atoms with Gasteiger partial charge in [-0.05, 0) is 68.5 Å². The van der Waals surface area contributed by atoms with Crippen LogP contribution in [0.3, 0.4) is 0 Å². The van der Waals surface area contributed by atoms with Gasteiger partial charge in [0.1, 0.15) is 11.6 Å². The summed E-state index contributed by atoms with van der Waals surface area (Å²) in [6, 6.07) is 12.1. The molecule has 0 bridgehead atoms. The monoisotopic (exact) mass is 528 g/mol. The van der Waals surface area contributed by atoms with Crippen LogP contribution in [0.4, 0.5) is 10.2 Å². The Morgan fingerprint density at radius 3 is 2.44 bits per heavy atom. The summed E-state index contributed by atoms with van der Waals surface area (Å²) in [6.07, 6.45) is 6.30. The summed E-state index contributed by atoms with van der Waals surface area (Å²) in [5.41, 5.74) is 9.73. The molecule has 190 valence electrons. The van der Waals surface area contributed by atoms with Crippen LogP contribution in [-0.4, -0.2) is 54.9 Å². The number of aromatic nitrogens is 1. The molecule has 0 fully saturated rings. The number of benzene rings is 2. The molecular formula is C28H31Cl2FN4O. The molecule has 3 rings (SSSR count). The van der Waals surface area contributed by atoms with Crippen molar-refractivity contribution in [3.05, 3.63) is 87.3 Å². The molecule has 1 aromatic heterocycles. The number of nitrogens with zero attached hydrogens (tertiary/aromatic N) is 3. The highest BCUT2D eigenvalue weighted by Gasteiger charge is 2.16. The van der Waals surface area contributed by atoms with Crippen LogP contribution in [0.2, 0.25) is 10.0 Å². The Morgan fingerprint density at radius 2 is 1.78 bits per heavy atom. The van der Waals surface area contributed by atoms with Crippen LogP contribution in [-0.2, 0) is 0 Å². The van der Waals surface area contributed by atoms with Gasteiger partial charge in [0.15, 0.2) is 0 Å². The molecule has 0 unspecified atom stereocenters. The third-order valence-electron chi connectivity index (χ3n) is 5.96. The number of hydrogen-bond donors (Lipinski definition) is 1. The van der Waals surface area contributed by atoms with Gasteiger partial charge in [0, 0.05) is 47.4 Å². The van der Waals surface area contributed by atoms with Gasteiger partial charge in [-0.3, -0.25) is 4.79 Å². The van der Waals surface area contributed by atoms with E-state index in [4.69, 9.17) is 28.9 Å². The molecule has 0 radical (unpaired) electrons. The van der Waals surface area contributed by atoms with E-state index in [1.165, 1.54) is 12.1 Å². The van der Waals surface area contributed by atoms with Crippen molar-refractivity contribution in [2.45, 2.75) is 19.3 Å². The lowest BCUT2D eigenvalue weighted by Crippen LogP contribution is -2.29. The highest BCUT2D eigenvalue weighted by Crippen LogP contribution is 2.34. The number of nitrogens with two attached hydrogens (primary N) is 1. The Bertz CT molecular complexity index is 1250. The van der Waals surface area contributed by atoms with Crippen LogP contribution in [0.1, 0.15) is 40.7 Å².